The van der Waals surface area contributed by atoms with Gasteiger partial charge in [-0.1, -0.05) is 35.9 Å². The third-order valence-corrected chi connectivity index (χ3v) is 5.36. The van der Waals surface area contributed by atoms with E-state index in [-0.39, 0.29) is 5.41 Å². The van der Waals surface area contributed by atoms with E-state index >= 15 is 0 Å². The lowest BCUT2D eigenvalue weighted by Crippen LogP contribution is -2.39. The fourth-order valence-corrected chi connectivity index (χ4v) is 4.03. The number of aryl methyl sites for hydroxylation is 1. The van der Waals surface area contributed by atoms with E-state index in [1.165, 1.54) is 28.9 Å². The maximum absolute atomic E-state index is 3.68. The topological polar surface area (TPSA) is 15.3 Å². The summed E-state index contributed by atoms with van der Waals surface area (Å²) in [6, 6.07) is 18.3. The Kier molecular flexibility index (Phi) is 2.75. The Morgan fingerprint density at radius 1 is 1.10 bits per heavy atom. The molecule has 1 saturated heterocycles. The van der Waals surface area contributed by atoms with E-state index in [0.717, 1.165) is 13.1 Å². The first kappa shape index (κ1) is 12.8. The number of nitrogens with zero attached hydrogens (tertiary/aromatic N) is 1. The van der Waals surface area contributed by atoms with Crippen molar-refractivity contribution in [2.45, 2.75) is 31.7 Å². The SMILES string of the molecule is Cc1ccc(N2CC[C@]3(C2)c2ccccc2NC3C)cc1. The Morgan fingerprint density at radius 2 is 1.86 bits per heavy atom. The molecule has 0 aliphatic carbocycles. The standard InChI is InChI=1S/C19H22N2/c1-14-7-9-16(10-8-14)21-12-11-19(13-21)15(2)20-18-6-4-3-5-17(18)19/h3-10,15,20H,11-13H2,1-2H3/t15?,19-/m1/s1. The molecule has 2 aromatic rings. The summed E-state index contributed by atoms with van der Waals surface area (Å²) in [5, 5.41) is 3.68. The number of nitrogens with one attached hydrogen (secondary N) is 1. The highest BCUT2D eigenvalue weighted by Gasteiger charge is 2.48. The minimum Gasteiger partial charge on any atom is -0.381 e. The van der Waals surface area contributed by atoms with Crippen molar-refractivity contribution in [3.8, 4) is 0 Å². The second-order valence-electron chi connectivity index (χ2n) is 6.57. The lowest BCUT2D eigenvalue weighted by Gasteiger charge is -2.30. The molecule has 1 N–H and O–H groups in total. The molecule has 2 heterocycles. The minimum atomic E-state index is 0.265. The van der Waals surface area contributed by atoms with Crippen molar-refractivity contribution in [1.29, 1.82) is 0 Å². The van der Waals surface area contributed by atoms with Crippen LogP contribution in [0.4, 0.5) is 11.4 Å². The largest absolute Gasteiger partial charge is 0.381 e. The van der Waals surface area contributed by atoms with Gasteiger partial charge in [-0.25, -0.2) is 0 Å². The molecule has 1 fully saturated rings. The molecular formula is C19H22N2. The van der Waals surface area contributed by atoms with Gasteiger partial charge in [0.1, 0.15) is 0 Å². The Bertz CT molecular complexity index is 662. The Morgan fingerprint density at radius 3 is 2.67 bits per heavy atom. The van der Waals surface area contributed by atoms with Crippen LogP contribution in [0.1, 0.15) is 24.5 Å². The molecule has 21 heavy (non-hydrogen) atoms. The molecular weight excluding hydrogens is 256 g/mol. The Hall–Kier alpha value is -1.96. The quantitative estimate of drug-likeness (QED) is 0.849. The normalized spacial score (nSPS) is 27.0. The zero-order valence-corrected chi connectivity index (χ0v) is 12.8. The lowest BCUT2D eigenvalue weighted by atomic mass is 9.76. The summed E-state index contributed by atoms with van der Waals surface area (Å²) in [7, 11) is 0. The monoisotopic (exact) mass is 278 g/mol. The summed E-state index contributed by atoms with van der Waals surface area (Å²) in [5.74, 6) is 0. The maximum atomic E-state index is 3.68. The van der Waals surface area contributed by atoms with E-state index in [4.69, 9.17) is 0 Å². The van der Waals surface area contributed by atoms with Gasteiger partial charge in [0.15, 0.2) is 0 Å². The van der Waals surface area contributed by atoms with E-state index < -0.39 is 0 Å². The predicted octanol–water partition coefficient (Wildman–Crippen LogP) is 3.96. The molecule has 2 aliphatic rings. The fourth-order valence-electron chi connectivity index (χ4n) is 4.03. The van der Waals surface area contributed by atoms with Crippen molar-refractivity contribution >= 4 is 11.4 Å². The Labute approximate surface area is 126 Å². The van der Waals surface area contributed by atoms with Crippen molar-refractivity contribution in [3.63, 3.8) is 0 Å². The second kappa shape index (κ2) is 4.52. The number of anilines is 2. The van der Waals surface area contributed by atoms with Crippen molar-refractivity contribution in [2.24, 2.45) is 0 Å². The van der Waals surface area contributed by atoms with Crippen LogP contribution in [-0.2, 0) is 5.41 Å². The van der Waals surface area contributed by atoms with Gasteiger partial charge in [0, 0.05) is 35.9 Å². The number of benzene rings is 2. The van der Waals surface area contributed by atoms with Crippen LogP contribution in [0.15, 0.2) is 48.5 Å². The third-order valence-electron chi connectivity index (χ3n) is 5.36. The van der Waals surface area contributed by atoms with Gasteiger partial charge in [-0.3, -0.25) is 0 Å². The van der Waals surface area contributed by atoms with Crippen molar-refractivity contribution in [2.75, 3.05) is 23.3 Å². The van der Waals surface area contributed by atoms with Crippen LogP contribution in [0.3, 0.4) is 0 Å². The highest BCUT2D eigenvalue weighted by atomic mass is 15.2. The maximum Gasteiger partial charge on any atom is 0.0382 e. The first-order valence-corrected chi connectivity index (χ1v) is 7.87. The summed E-state index contributed by atoms with van der Waals surface area (Å²) < 4.78 is 0. The van der Waals surface area contributed by atoms with E-state index in [0.29, 0.717) is 6.04 Å². The van der Waals surface area contributed by atoms with Crippen molar-refractivity contribution in [1.82, 2.24) is 0 Å². The van der Waals surface area contributed by atoms with Crippen molar-refractivity contribution in [3.05, 3.63) is 59.7 Å². The number of rotatable bonds is 1. The number of fused-ring (bicyclic) bond motifs is 2. The molecule has 4 rings (SSSR count). The summed E-state index contributed by atoms with van der Waals surface area (Å²) in [6.07, 6.45) is 1.23. The summed E-state index contributed by atoms with van der Waals surface area (Å²) in [4.78, 5) is 2.54. The van der Waals surface area contributed by atoms with E-state index in [1.807, 2.05) is 0 Å². The van der Waals surface area contributed by atoms with Gasteiger partial charge in [0.2, 0.25) is 0 Å². The second-order valence-corrected chi connectivity index (χ2v) is 6.57. The van der Waals surface area contributed by atoms with Gasteiger partial charge >= 0.3 is 0 Å². The molecule has 2 aromatic carbocycles. The molecule has 2 aliphatic heterocycles. The zero-order valence-electron chi connectivity index (χ0n) is 12.8. The van der Waals surface area contributed by atoms with Crippen LogP contribution in [0.5, 0.6) is 0 Å². The minimum absolute atomic E-state index is 0.265. The molecule has 2 atom stereocenters. The molecule has 0 amide bonds. The molecule has 2 heteroatoms. The summed E-state index contributed by atoms with van der Waals surface area (Å²) >= 11 is 0. The summed E-state index contributed by atoms with van der Waals surface area (Å²) in [6.45, 7) is 6.73. The van der Waals surface area contributed by atoms with Crippen LogP contribution in [-0.4, -0.2) is 19.1 Å². The molecule has 0 bridgehead atoms. The molecule has 0 radical (unpaired) electrons. The highest BCUT2D eigenvalue weighted by molar-refractivity contribution is 5.64. The molecule has 108 valence electrons. The molecule has 1 unspecified atom stereocenters. The van der Waals surface area contributed by atoms with Gasteiger partial charge in [-0.15, -0.1) is 0 Å². The van der Waals surface area contributed by atoms with Crippen LogP contribution >= 0.6 is 0 Å². The van der Waals surface area contributed by atoms with Gasteiger partial charge in [0.25, 0.3) is 0 Å². The zero-order chi connectivity index (χ0) is 14.4. The summed E-state index contributed by atoms with van der Waals surface area (Å²) in [5.41, 5.74) is 5.78. The van der Waals surface area contributed by atoms with Gasteiger partial charge in [-0.2, -0.15) is 0 Å². The molecule has 0 aromatic heterocycles. The number of para-hydroxylation sites is 1. The van der Waals surface area contributed by atoms with Gasteiger partial charge < -0.3 is 10.2 Å². The average Bonchev–Trinajstić information content (AvgIpc) is 3.05. The first-order chi connectivity index (χ1) is 10.2. The smallest absolute Gasteiger partial charge is 0.0382 e. The third kappa shape index (κ3) is 1.85. The van der Waals surface area contributed by atoms with E-state index in [9.17, 15) is 0 Å². The molecule has 2 nitrogen and oxygen atoms in total. The van der Waals surface area contributed by atoms with Crippen molar-refractivity contribution < 1.29 is 0 Å². The predicted molar refractivity (Wildman–Crippen MR) is 89.2 cm³/mol. The number of hydrogen-bond donors (Lipinski definition) is 1. The van der Waals surface area contributed by atoms with Crippen LogP contribution in [0, 0.1) is 6.92 Å². The molecule has 0 saturated carbocycles. The van der Waals surface area contributed by atoms with Gasteiger partial charge in [0.05, 0.1) is 0 Å². The fraction of sp³-hybridized carbons (Fsp3) is 0.368. The lowest BCUT2D eigenvalue weighted by molar-refractivity contribution is 0.443. The van der Waals surface area contributed by atoms with Gasteiger partial charge in [-0.05, 0) is 44.0 Å². The highest BCUT2D eigenvalue weighted by Crippen LogP contribution is 2.47. The average molecular weight is 278 g/mol. The van der Waals surface area contributed by atoms with Crippen LogP contribution in [0.2, 0.25) is 0 Å². The van der Waals surface area contributed by atoms with E-state index in [2.05, 4.69) is 72.6 Å². The van der Waals surface area contributed by atoms with Crippen LogP contribution in [0.25, 0.3) is 0 Å². The first-order valence-electron chi connectivity index (χ1n) is 7.87. The molecule has 1 spiro atoms. The Balaban J connectivity index is 1.68. The van der Waals surface area contributed by atoms with Crippen LogP contribution < -0.4 is 10.2 Å². The van der Waals surface area contributed by atoms with E-state index in [1.54, 1.807) is 0 Å². The number of hydrogen-bond acceptors (Lipinski definition) is 2.